The van der Waals surface area contributed by atoms with Crippen molar-refractivity contribution in [3.05, 3.63) is 29.6 Å². The summed E-state index contributed by atoms with van der Waals surface area (Å²) < 4.78 is 5.93. The minimum absolute atomic E-state index is 0.494. The summed E-state index contributed by atoms with van der Waals surface area (Å²) in [5, 5.41) is 6.63. The summed E-state index contributed by atoms with van der Waals surface area (Å²) in [7, 11) is 1.79. The Hall–Kier alpha value is -1.62. The van der Waals surface area contributed by atoms with Gasteiger partial charge in [-0.25, -0.2) is 0 Å². The molecule has 1 saturated carbocycles. The molecule has 0 aliphatic heterocycles. The molecule has 1 aliphatic carbocycles. The third-order valence-electron chi connectivity index (χ3n) is 4.28. The van der Waals surface area contributed by atoms with Gasteiger partial charge in [-0.05, 0) is 37.8 Å². The van der Waals surface area contributed by atoms with E-state index in [1.807, 2.05) is 12.3 Å². The third kappa shape index (κ3) is 6.57. The average molecular weight is 318 g/mol. The molecular formula is C18H30N4O. The fourth-order valence-electron chi connectivity index (χ4n) is 2.85. The fourth-order valence-corrected chi connectivity index (χ4v) is 2.85. The first-order valence-corrected chi connectivity index (χ1v) is 8.76. The zero-order valence-corrected chi connectivity index (χ0v) is 14.5. The normalized spacial score (nSPS) is 16.3. The standard InChI is InChI=1S/C18H30N4O/c1-15-8-6-11-20-17(15)14-22-18(19-2)21-12-7-13-23-16-9-4-3-5-10-16/h6,8,11,16H,3-5,7,9-10,12-14H2,1-2H3,(H2,19,21,22). The van der Waals surface area contributed by atoms with Crippen LogP contribution < -0.4 is 10.6 Å². The molecule has 0 amide bonds. The van der Waals surface area contributed by atoms with Gasteiger partial charge in [-0.15, -0.1) is 0 Å². The molecular weight excluding hydrogens is 288 g/mol. The van der Waals surface area contributed by atoms with Crippen LogP contribution in [0.3, 0.4) is 0 Å². The van der Waals surface area contributed by atoms with Crippen molar-refractivity contribution in [3.63, 3.8) is 0 Å². The summed E-state index contributed by atoms with van der Waals surface area (Å²) in [6.45, 7) is 4.45. The lowest BCUT2D eigenvalue weighted by molar-refractivity contribution is 0.0277. The molecule has 5 nitrogen and oxygen atoms in total. The second-order valence-corrected chi connectivity index (χ2v) is 6.10. The molecule has 1 heterocycles. The molecule has 0 atom stereocenters. The first-order valence-electron chi connectivity index (χ1n) is 8.76. The van der Waals surface area contributed by atoms with Crippen molar-refractivity contribution in [2.75, 3.05) is 20.2 Å². The van der Waals surface area contributed by atoms with E-state index in [2.05, 4.69) is 33.6 Å². The highest BCUT2D eigenvalue weighted by atomic mass is 16.5. The maximum absolute atomic E-state index is 5.93. The van der Waals surface area contributed by atoms with E-state index in [0.29, 0.717) is 12.6 Å². The Morgan fingerprint density at radius 1 is 1.30 bits per heavy atom. The lowest BCUT2D eigenvalue weighted by Crippen LogP contribution is -2.38. The second kappa shape index (κ2) is 10.2. The van der Waals surface area contributed by atoms with Gasteiger partial charge in [-0.1, -0.05) is 25.3 Å². The SMILES string of the molecule is CN=C(NCCCOC1CCCCC1)NCc1ncccc1C. The minimum atomic E-state index is 0.494. The van der Waals surface area contributed by atoms with Crippen molar-refractivity contribution in [2.45, 2.75) is 58.1 Å². The molecule has 0 spiro atoms. The predicted molar refractivity (Wildman–Crippen MR) is 94.6 cm³/mol. The molecule has 0 radical (unpaired) electrons. The summed E-state index contributed by atoms with van der Waals surface area (Å²) in [6.07, 6.45) is 9.81. The van der Waals surface area contributed by atoms with Crippen LogP contribution in [-0.2, 0) is 11.3 Å². The summed E-state index contributed by atoms with van der Waals surface area (Å²) in [4.78, 5) is 8.63. The molecule has 0 unspecified atom stereocenters. The zero-order valence-electron chi connectivity index (χ0n) is 14.5. The number of rotatable bonds is 7. The number of guanidine groups is 1. The van der Waals surface area contributed by atoms with Gasteiger partial charge < -0.3 is 15.4 Å². The lowest BCUT2D eigenvalue weighted by Gasteiger charge is -2.22. The number of ether oxygens (including phenoxy) is 1. The van der Waals surface area contributed by atoms with Crippen LogP contribution in [-0.4, -0.2) is 37.2 Å². The van der Waals surface area contributed by atoms with Gasteiger partial charge in [-0.3, -0.25) is 9.98 Å². The van der Waals surface area contributed by atoms with Crippen molar-refractivity contribution in [1.29, 1.82) is 0 Å². The van der Waals surface area contributed by atoms with Crippen LogP contribution in [0, 0.1) is 6.92 Å². The zero-order chi connectivity index (χ0) is 16.3. The molecule has 5 heteroatoms. The van der Waals surface area contributed by atoms with Crippen molar-refractivity contribution in [3.8, 4) is 0 Å². The van der Waals surface area contributed by atoms with E-state index in [-0.39, 0.29) is 0 Å². The smallest absolute Gasteiger partial charge is 0.191 e. The monoisotopic (exact) mass is 318 g/mol. The number of nitrogens with one attached hydrogen (secondary N) is 2. The summed E-state index contributed by atoms with van der Waals surface area (Å²) in [5.74, 6) is 0.813. The van der Waals surface area contributed by atoms with E-state index in [9.17, 15) is 0 Å². The highest BCUT2D eigenvalue weighted by molar-refractivity contribution is 5.79. The van der Waals surface area contributed by atoms with Gasteiger partial charge in [0.2, 0.25) is 0 Å². The van der Waals surface area contributed by atoms with Crippen molar-refractivity contribution in [1.82, 2.24) is 15.6 Å². The van der Waals surface area contributed by atoms with E-state index in [1.54, 1.807) is 7.05 Å². The number of aromatic nitrogens is 1. The van der Waals surface area contributed by atoms with Gasteiger partial charge in [-0.2, -0.15) is 0 Å². The summed E-state index contributed by atoms with van der Waals surface area (Å²) >= 11 is 0. The van der Waals surface area contributed by atoms with Crippen molar-refractivity contribution in [2.24, 2.45) is 4.99 Å². The molecule has 0 saturated heterocycles. The maximum Gasteiger partial charge on any atom is 0.191 e. The number of hydrogen-bond donors (Lipinski definition) is 2. The second-order valence-electron chi connectivity index (χ2n) is 6.10. The first-order chi connectivity index (χ1) is 11.3. The molecule has 2 rings (SSSR count). The molecule has 2 N–H and O–H groups in total. The number of hydrogen-bond acceptors (Lipinski definition) is 3. The fraction of sp³-hybridized carbons (Fsp3) is 0.667. The summed E-state index contributed by atoms with van der Waals surface area (Å²) in [6, 6.07) is 4.03. The molecule has 1 aromatic heterocycles. The Bertz CT molecular complexity index is 484. The highest BCUT2D eigenvalue weighted by Gasteiger charge is 2.12. The van der Waals surface area contributed by atoms with Gasteiger partial charge in [0.25, 0.3) is 0 Å². The van der Waals surface area contributed by atoms with E-state index < -0.39 is 0 Å². The van der Waals surface area contributed by atoms with Crippen LogP contribution in [0.2, 0.25) is 0 Å². The van der Waals surface area contributed by atoms with Crippen LogP contribution in [0.1, 0.15) is 49.8 Å². The molecule has 23 heavy (non-hydrogen) atoms. The Morgan fingerprint density at radius 3 is 2.87 bits per heavy atom. The van der Waals surface area contributed by atoms with Gasteiger partial charge >= 0.3 is 0 Å². The molecule has 128 valence electrons. The van der Waals surface area contributed by atoms with E-state index in [0.717, 1.165) is 31.2 Å². The molecule has 0 aromatic carbocycles. The van der Waals surface area contributed by atoms with E-state index in [1.165, 1.54) is 37.7 Å². The number of aryl methyl sites for hydroxylation is 1. The first kappa shape index (κ1) is 17.7. The van der Waals surface area contributed by atoms with E-state index >= 15 is 0 Å². The topological polar surface area (TPSA) is 58.5 Å². The van der Waals surface area contributed by atoms with Crippen LogP contribution in [0.25, 0.3) is 0 Å². The van der Waals surface area contributed by atoms with Gasteiger partial charge in [0.05, 0.1) is 18.3 Å². The molecule has 0 bridgehead atoms. The van der Waals surface area contributed by atoms with Crippen molar-refractivity contribution < 1.29 is 4.74 Å². The van der Waals surface area contributed by atoms with Gasteiger partial charge in [0, 0.05) is 26.4 Å². The van der Waals surface area contributed by atoms with E-state index in [4.69, 9.17) is 4.74 Å². The Kier molecular flexibility index (Phi) is 7.87. The van der Waals surface area contributed by atoms with Crippen molar-refractivity contribution >= 4 is 5.96 Å². The lowest BCUT2D eigenvalue weighted by atomic mass is 9.98. The van der Waals surface area contributed by atoms with Gasteiger partial charge in [0.1, 0.15) is 0 Å². The number of nitrogens with zero attached hydrogens (tertiary/aromatic N) is 2. The van der Waals surface area contributed by atoms with Crippen LogP contribution in [0.5, 0.6) is 0 Å². The molecule has 1 aromatic rings. The van der Waals surface area contributed by atoms with Crippen LogP contribution in [0.4, 0.5) is 0 Å². The predicted octanol–water partition coefficient (Wildman–Crippen LogP) is 2.79. The average Bonchev–Trinajstić information content (AvgIpc) is 2.59. The summed E-state index contributed by atoms with van der Waals surface area (Å²) in [5.41, 5.74) is 2.24. The quantitative estimate of drug-likeness (QED) is 0.461. The maximum atomic E-state index is 5.93. The number of pyridine rings is 1. The third-order valence-corrected chi connectivity index (χ3v) is 4.28. The molecule has 1 aliphatic rings. The number of aliphatic imine (C=N–C) groups is 1. The minimum Gasteiger partial charge on any atom is -0.378 e. The van der Waals surface area contributed by atoms with Crippen LogP contribution >= 0.6 is 0 Å². The Morgan fingerprint density at radius 2 is 2.13 bits per heavy atom. The Labute approximate surface area is 139 Å². The van der Waals surface area contributed by atoms with Crippen LogP contribution in [0.15, 0.2) is 23.3 Å². The Balaban J connectivity index is 1.58. The largest absolute Gasteiger partial charge is 0.378 e. The highest BCUT2D eigenvalue weighted by Crippen LogP contribution is 2.20. The molecule has 1 fully saturated rings. The van der Waals surface area contributed by atoms with Gasteiger partial charge in [0.15, 0.2) is 5.96 Å².